The highest BCUT2D eigenvalue weighted by molar-refractivity contribution is 4.66. The van der Waals surface area contributed by atoms with E-state index in [0.717, 1.165) is 45.8 Å². The molecule has 0 amide bonds. The molecule has 0 bridgehead atoms. The van der Waals surface area contributed by atoms with E-state index in [1.165, 1.54) is 12.8 Å². The van der Waals surface area contributed by atoms with Crippen LogP contribution in [0.1, 0.15) is 25.7 Å². The van der Waals surface area contributed by atoms with Crippen molar-refractivity contribution < 1.29 is 9.47 Å². The lowest BCUT2D eigenvalue weighted by atomic mass is 10.2. The van der Waals surface area contributed by atoms with Gasteiger partial charge in [0.1, 0.15) is 0 Å². The Morgan fingerprint density at radius 1 is 1.40 bits per heavy atom. The number of nitrogens with one attached hydrogen (secondary N) is 1. The summed E-state index contributed by atoms with van der Waals surface area (Å²) in [4.78, 5) is 0. The van der Waals surface area contributed by atoms with E-state index in [2.05, 4.69) is 11.9 Å². The zero-order valence-electron chi connectivity index (χ0n) is 9.54. The van der Waals surface area contributed by atoms with Crippen molar-refractivity contribution in [2.75, 3.05) is 32.9 Å². The van der Waals surface area contributed by atoms with E-state index in [0.29, 0.717) is 0 Å². The first-order chi connectivity index (χ1) is 7.43. The zero-order chi connectivity index (χ0) is 10.8. The fourth-order valence-corrected chi connectivity index (χ4v) is 1.61. The van der Waals surface area contributed by atoms with Crippen LogP contribution in [0.2, 0.25) is 0 Å². The van der Waals surface area contributed by atoms with Crippen LogP contribution in [0.5, 0.6) is 0 Å². The first-order valence-corrected chi connectivity index (χ1v) is 5.94. The molecule has 0 aliphatic carbocycles. The van der Waals surface area contributed by atoms with Crippen LogP contribution in [0.15, 0.2) is 12.7 Å². The van der Waals surface area contributed by atoms with E-state index in [1.54, 1.807) is 0 Å². The van der Waals surface area contributed by atoms with Crippen LogP contribution in [0.25, 0.3) is 0 Å². The van der Waals surface area contributed by atoms with Crippen LogP contribution in [0.3, 0.4) is 0 Å². The van der Waals surface area contributed by atoms with Crippen molar-refractivity contribution in [3.63, 3.8) is 0 Å². The monoisotopic (exact) mass is 213 g/mol. The minimum atomic E-state index is 0.256. The van der Waals surface area contributed by atoms with Gasteiger partial charge in [-0.05, 0) is 19.3 Å². The van der Waals surface area contributed by atoms with E-state index in [4.69, 9.17) is 9.47 Å². The zero-order valence-corrected chi connectivity index (χ0v) is 9.54. The number of allylic oxidation sites excluding steroid dienone is 1. The SMILES string of the molecule is C=CCCCCCOCC1CNCCO1. The molecule has 15 heavy (non-hydrogen) atoms. The molecule has 1 heterocycles. The van der Waals surface area contributed by atoms with Gasteiger partial charge >= 0.3 is 0 Å². The molecule has 1 rings (SSSR count). The topological polar surface area (TPSA) is 30.5 Å². The van der Waals surface area contributed by atoms with Crippen molar-refractivity contribution in [1.29, 1.82) is 0 Å². The number of unbranched alkanes of at least 4 members (excludes halogenated alkanes) is 3. The van der Waals surface area contributed by atoms with Gasteiger partial charge < -0.3 is 14.8 Å². The first-order valence-electron chi connectivity index (χ1n) is 5.94. The third kappa shape index (κ3) is 6.66. The Hall–Kier alpha value is -0.380. The van der Waals surface area contributed by atoms with Gasteiger partial charge in [-0.15, -0.1) is 6.58 Å². The summed E-state index contributed by atoms with van der Waals surface area (Å²) in [6.07, 6.45) is 6.96. The van der Waals surface area contributed by atoms with Crippen molar-refractivity contribution in [3.05, 3.63) is 12.7 Å². The quantitative estimate of drug-likeness (QED) is 0.492. The summed E-state index contributed by atoms with van der Waals surface area (Å²) in [5.74, 6) is 0. The van der Waals surface area contributed by atoms with E-state index in [-0.39, 0.29) is 6.10 Å². The van der Waals surface area contributed by atoms with Gasteiger partial charge in [0.2, 0.25) is 0 Å². The second-order valence-electron chi connectivity index (χ2n) is 3.91. The molecule has 0 aromatic heterocycles. The van der Waals surface area contributed by atoms with Gasteiger partial charge in [0.15, 0.2) is 0 Å². The van der Waals surface area contributed by atoms with Crippen molar-refractivity contribution in [2.24, 2.45) is 0 Å². The van der Waals surface area contributed by atoms with Crippen LogP contribution in [0.4, 0.5) is 0 Å². The highest BCUT2D eigenvalue weighted by atomic mass is 16.5. The second-order valence-corrected chi connectivity index (χ2v) is 3.91. The van der Waals surface area contributed by atoms with Crippen LogP contribution >= 0.6 is 0 Å². The highest BCUT2D eigenvalue weighted by Gasteiger charge is 2.12. The Labute approximate surface area is 92.8 Å². The normalized spacial score (nSPS) is 21.5. The largest absolute Gasteiger partial charge is 0.379 e. The average molecular weight is 213 g/mol. The van der Waals surface area contributed by atoms with E-state index in [9.17, 15) is 0 Å². The van der Waals surface area contributed by atoms with Crippen molar-refractivity contribution >= 4 is 0 Å². The van der Waals surface area contributed by atoms with Gasteiger partial charge in [-0.1, -0.05) is 12.5 Å². The Bertz CT molecular complexity index is 156. The van der Waals surface area contributed by atoms with E-state index in [1.807, 2.05) is 6.08 Å². The lowest BCUT2D eigenvalue weighted by Gasteiger charge is -2.23. The number of rotatable bonds is 8. The fourth-order valence-electron chi connectivity index (χ4n) is 1.61. The molecule has 0 saturated carbocycles. The van der Waals surface area contributed by atoms with Crippen LogP contribution in [0, 0.1) is 0 Å². The summed E-state index contributed by atoms with van der Waals surface area (Å²) in [6.45, 7) is 8.00. The number of morpholine rings is 1. The Balaban J connectivity index is 1.81. The Kier molecular flexibility index (Phi) is 7.52. The van der Waals surface area contributed by atoms with E-state index >= 15 is 0 Å². The number of hydrogen-bond acceptors (Lipinski definition) is 3. The summed E-state index contributed by atoms with van der Waals surface area (Å²) in [5.41, 5.74) is 0. The maximum Gasteiger partial charge on any atom is 0.0933 e. The van der Waals surface area contributed by atoms with Gasteiger partial charge in [0.25, 0.3) is 0 Å². The number of ether oxygens (including phenoxy) is 2. The molecule has 3 nitrogen and oxygen atoms in total. The molecule has 0 aromatic carbocycles. The smallest absolute Gasteiger partial charge is 0.0933 e. The van der Waals surface area contributed by atoms with Gasteiger partial charge in [0, 0.05) is 19.7 Å². The lowest BCUT2D eigenvalue weighted by Crippen LogP contribution is -2.41. The van der Waals surface area contributed by atoms with Crippen molar-refractivity contribution in [1.82, 2.24) is 5.32 Å². The molecule has 0 radical (unpaired) electrons. The first kappa shape index (κ1) is 12.7. The molecule has 1 aliphatic heterocycles. The Morgan fingerprint density at radius 3 is 3.07 bits per heavy atom. The highest BCUT2D eigenvalue weighted by Crippen LogP contribution is 2.02. The molecule has 1 unspecified atom stereocenters. The van der Waals surface area contributed by atoms with Gasteiger partial charge in [0.05, 0.1) is 19.3 Å². The third-order valence-electron chi connectivity index (χ3n) is 2.51. The minimum Gasteiger partial charge on any atom is -0.379 e. The molecule has 1 N–H and O–H groups in total. The van der Waals surface area contributed by atoms with Crippen LogP contribution in [-0.2, 0) is 9.47 Å². The molecule has 0 aromatic rings. The van der Waals surface area contributed by atoms with Gasteiger partial charge in [-0.2, -0.15) is 0 Å². The van der Waals surface area contributed by atoms with Crippen LogP contribution < -0.4 is 5.32 Å². The molecule has 88 valence electrons. The molecule has 1 atom stereocenters. The summed E-state index contributed by atoms with van der Waals surface area (Å²) in [7, 11) is 0. The molecule has 1 fully saturated rings. The summed E-state index contributed by atoms with van der Waals surface area (Å²) < 4.78 is 11.1. The van der Waals surface area contributed by atoms with Crippen LogP contribution in [-0.4, -0.2) is 39.0 Å². The molecule has 0 spiro atoms. The molecular weight excluding hydrogens is 190 g/mol. The summed E-state index contributed by atoms with van der Waals surface area (Å²) >= 11 is 0. The maximum absolute atomic E-state index is 5.56. The average Bonchev–Trinajstić information content (AvgIpc) is 2.29. The predicted octanol–water partition coefficient (Wildman–Crippen LogP) is 1.74. The van der Waals surface area contributed by atoms with Gasteiger partial charge in [-0.3, -0.25) is 0 Å². The van der Waals surface area contributed by atoms with Crippen molar-refractivity contribution in [3.8, 4) is 0 Å². The Morgan fingerprint density at radius 2 is 2.33 bits per heavy atom. The third-order valence-corrected chi connectivity index (χ3v) is 2.51. The number of hydrogen-bond donors (Lipinski definition) is 1. The predicted molar refractivity (Wildman–Crippen MR) is 62.1 cm³/mol. The molecule has 3 heteroatoms. The fraction of sp³-hybridized carbons (Fsp3) is 0.833. The molecule has 1 aliphatic rings. The van der Waals surface area contributed by atoms with E-state index < -0.39 is 0 Å². The maximum atomic E-state index is 5.56. The van der Waals surface area contributed by atoms with Crippen molar-refractivity contribution in [2.45, 2.75) is 31.8 Å². The summed E-state index contributed by atoms with van der Waals surface area (Å²) in [6, 6.07) is 0. The standard InChI is InChI=1S/C12H23NO2/c1-2-3-4-5-6-8-14-11-12-10-13-7-9-15-12/h2,12-13H,1,3-11H2. The van der Waals surface area contributed by atoms with Gasteiger partial charge in [-0.25, -0.2) is 0 Å². The second kappa shape index (κ2) is 8.89. The minimum absolute atomic E-state index is 0.256. The molecular formula is C12H23NO2. The summed E-state index contributed by atoms with van der Waals surface area (Å²) in [5, 5.41) is 3.29. The lowest BCUT2D eigenvalue weighted by molar-refractivity contribution is -0.0318. The molecule has 1 saturated heterocycles.